The summed E-state index contributed by atoms with van der Waals surface area (Å²) in [6.45, 7) is 2.22. The van der Waals surface area contributed by atoms with Crippen LogP contribution in [0.5, 0.6) is 0 Å². The predicted octanol–water partition coefficient (Wildman–Crippen LogP) is 2.20. The minimum absolute atomic E-state index is 0.111. The van der Waals surface area contributed by atoms with Crippen LogP contribution in [0.4, 0.5) is 14.6 Å². The third-order valence-corrected chi connectivity index (χ3v) is 2.68. The number of pyridine rings is 1. The summed E-state index contributed by atoms with van der Waals surface area (Å²) in [5.74, 6) is -0.661. The highest BCUT2D eigenvalue weighted by Crippen LogP contribution is 2.17. The molecule has 16 heavy (non-hydrogen) atoms. The van der Waals surface area contributed by atoms with Gasteiger partial charge in [0.15, 0.2) is 11.6 Å². The van der Waals surface area contributed by atoms with Crippen LogP contribution < -0.4 is 5.32 Å². The lowest BCUT2D eigenvalue weighted by molar-refractivity contribution is 0.185. The molecule has 5 heteroatoms. The summed E-state index contributed by atoms with van der Waals surface area (Å²) < 4.78 is 31.0. The van der Waals surface area contributed by atoms with Gasteiger partial charge in [0, 0.05) is 25.8 Å². The first kappa shape index (κ1) is 11.3. The lowest BCUT2D eigenvalue weighted by atomic mass is 10.1. The van der Waals surface area contributed by atoms with E-state index in [1.165, 1.54) is 0 Å². The number of halogens is 2. The minimum Gasteiger partial charge on any atom is -0.381 e. The van der Waals surface area contributed by atoms with Crippen LogP contribution in [0.2, 0.25) is 0 Å². The van der Waals surface area contributed by atoms with Crippen molar-refractivity contribution >= 4 is 5.82 Å². The van der Waals surface area contributed by atoms with Crippen LogP contribution in [0.1, 0.15) is 12.8 Å². The molecule has 0 spiro atoms. The number of nitrogens with zero attached hydrogens (tertiary/aromatic N) is 1. The van der Waals surface area contributed by atoms with E-state index in [0.717, 1.165) is 38.3 Å². The maximum atomic E-state index is 13.2. The molecule has 1 atom stereocenters. The summed E-state index contributed by atoms with van der Waals surface area (Å²) in [5, 5.41) is 2.86. The third-order valence-electron chi connectivity index (χ3n) is 2.68. The highest BCUT2D eigenvalue weighted by atomic mass is 19.1. The maximum Gasteiger partial charge on any atom is 0.168 e. The smallest absolute Gasteiger partial charge is 0.168 e. The molecule has 1 saturated heterocycles. The monoisotopic (exact) mass is 228 g/mol. The molecule has 0 saturated carbocycles. The Labute approximate surface area is 92.8 Å². The van der Waals surface area contributed by atoms with E-state index in [1.807, 2.05) is 0 Å². The summed E-state index contributed by atoms with van der Waals surface area (Å²) in [4.78, 5) is 3.65. The molecule has 2 rings (SSSR count). The second kappa shape index (κ2) is 5.21. The molecule has 0 aromatic carbocycles. The normalized spacial score (nSPS) is 20.0. The predicted molar refractivity (Wildman–Crippen MR) is 56.2 cm³/mol. The Morgan fingerprint density at radius 3 is 3.06 bits per heavy atom. The first-order valence-electron chi connectivity index (χ1n) is 5.38. The van der Waals surface area contributed by atoms with E-state index in [1.54, 1.807) is 0 Å². The molecule has 0 radical (unpaired) electrons. The van der Waals surface area contributed by atoms with Crippen LogP contribution >= 0.6 is 0 Å². The molecular formula is C11H14F2N2O. The zero-order valence-electron chi connectivity index (χ0n) is 8.88. The first-order valence-corrected chi connectivity index (χ1v) is 5.38. The van der Waals surface area contributed by atoms with Crippen LogP contribution in [0.25, 0.3) is 0 Å². The lowest BCUT2D eigenvalue weighted by Gasteiger charge is -2.09. The van der Waals surface area contributed by atoms with Crippen molar-refractivity contribution in [2.45, 2.75) is 12.8 Å². The number of rotatable bonds is 4. The maximum absolute atomic E-state index is 13.2. The number of nitrogens with one attached hydrogen (secondary N) is 1. The van der Waals surface area contributed by atoms with Gasteiger partial charge in [0.05, 0.1) is 6.20 Å². The van der Waals surface area contributed by atoms with E-state index < -0.39 is 11.6 Å². The quantitative estimate of drug-likeness (QED) is 0.857. The summed E-state index contributed by atoms with van der Waals surface area (Å²) in [5.41, 5.74) is 0. The molecule has 2 heterocycles. The van der Waals surface area contributed by atoms with Gasteiger partial charge in [-0.1, -0.05) is 0 Å². The fourth-order valence-electron chi connectivity index (χ4n) is 1.75. The highest BCUT2D eigenvalue weighted by Gasteiger charge is 2.15. The Morgan fingerprint density at radius 2 is 2.38 bits per heavy atom. The van der Waals surface area contributed by atoms with Crippen LogP contribution in [0.15, 0.2) is 12.3 Å². The van der Waals surface area contributed by atoms with Gasteiger partial charge >= 0.3 is 0 Å². The minimum atomic E-state index is -0.660. The Morgan fingerprint density at radius 1 is 1.50 bits per heavy atom. The number of hydrogen-bond donors (Lipinski definition) is 1. The molecule has 1 aliphatic rings. The molecule has 1 aliphatic heterocycles. The fraction of sp³-hybridized carbons (Fsp3) is 0.545. The molecule has 0 aliphatic carbocycles. The van der Waals surface area contributed by atoms with Gasteiger partial charge in [-0.2, -0.15) is 0 Å². The Hall–Kier alpha value is -1.23. The zero-order chi connectivity index (χ0) is 11.4. The van der Waals surface area contributed by atoms with Gasteiger partial charge in [-0.3, -0.25) is 0 Å². The molecule has 1 unspecified atom stereocenters. The van der Waals surface area contributed by atoms with Crippen molar-refractivity contribution < 1.29 is 13.5 Å². The van der Waals surface area contributed by atoms with Crippen molar-refractivity contribution in [1.29, 1.82) is 0 Å². The first-order chi connectivity index (χ1) is 7.75. The Balaban J connectivity index is 1.80. The number of ether oxygens (including phenoxy) is 1. The molecule has 88 valence electrons. The second-order valence-corrected chi connectivity index (χ2v) is 3.93. The molecule has 1 N–H and O–H groups in total. The van der Waals surface area contributed by atoms with E-state index in [0.29, 0.717) is 12.5 Å². The standard InChI is InChI=1S/C11H14F2N2O/c12-9-5-10(13)11(15-6-9)14-3-1-8-2-4-16-7-8/h5-6,8H,1-4,7H2,(H,14,15). The Kier molecular flexibility index (Phi) is 3.66. The van der Waals surface area contributed by atoms with Crippen LogP contribution in [-0.4, -0.2) is 24.7 Å². The van der Waals surface area contributed by atoms with Crippen molar-refractivity contribution in [3.8, 4) is 0 Å². The average Bonchev–Trinajstić information content (AvgIpc) is 2.74. The van der Waals surface area contributed by atoms with Crippen LogP contribution in [-0.2, 0) is 4.74 Å². The van der Waals surface area contributed by atoms with E-state index in [4.69, 9.17) is 4.74 Å². The van der Waals surface area contributed by atoms with Gasteiger partial charge in [-0.05, 0) is 18.8 Å². The molecular weight excluding hydrogens is 214 g/mol. The van der Waals surface area contributed by atoms with E-state index in [2.05, 4.69) is 10.3 Å². The van der Waals surface area contributed by atoms with Crippen molar-refractivity contribution in [3.05, 3.63) is 23.9 Å². The van der Waals surface area contributed by atoms with Gasteiger partial charge in [0.1, 0.15) is 5.82 Å². The van der Waals surface area contributed by atoms with Gasteiger partial charge in [-0.25, -0.2) is 13.8 Å². The second-order valence-electron chi connectivity index (χ2n) is 3.93. The van der Waals surface area contributed by atoms with Crippen molar-refractivity contribution in [2.24, 2.45) is 5.92 Å². The largest absolute Gasteiger partial charge is 0.381 e. The van der Waals surface area contributed by atoms with Gasteiger partial charge < -0.3 is 10.1 Å². The summed E-state index contributed by atoms with van der Waals surface area (Å²) >= 11 is 0. The average molecular weight is 228 g/mol. The lowest BCUT2D eigenvalue weighted by Crippen LogP contribution is -2.11. The summed E-state index contributed by atoms with van der Waals surface area (Å²) in [7, 11) is 0. The number of aromatic nitrogens is 1. The van der Waals surface area contributed by atoms with Gasteiger partial charge in [-0.15, -0.1) is 0 Å². The van der Waals surface area contributed by atoms with Crippen molar-refractivity contribution in [1.82, 2.24) is 4.98 Å². The third kappa shape index (κ3) is 2.88. The molecule has 1 aromatic heterocycles. The number of hydrogen-bond acceptors (Lipinski definition) is 3. The van der Waals surface area contributed by atoms with Crippen molar-refractivity contribution in [2.75, 3.05) is 25.1 Å². The van der Waals surface area contributed by atoms with E-state index in [-0.39, 0.29) is 5.82 Å². The van der Waals surface area contributed by atoms with E-state index >= 15 is 0 Å². The van der Waals surface area contributed by atoms with Crippen LogP contribution in [0, 0.1) is 17.6 Å². The molecule has 1 aromatic rings. The Bertz CT molecular complexity index is 354. The zero-order valence-corrected chi connectivity index (χ0v) is 8.88. The molecule has 0 bridgehead atoms. The SMILES string of the molecule is Fc1cnc(NCCC2CCOC2)c(F)c1. The molecule has 3 nitrogen and oxygen atoms in total. The molecule has 1 fully saturated rings. The van der Waals surface area contributed by atoms with Gasteiger partial charge in [0.2, 0.25) is 0 Å². The highest BCUT2D eigenvalue weighted by molar-refractivity contribution is 5.35. The fourth-order valence-corrected chi connectivity index (χ4v) is 1.75. The molecule has 0 amide bonds. The van der Waals surface area contributed by atoms with E-state index in [9.17, 15) is 8.78 Å². The topological polar surface area (TPSA) is 34.2 Å². The van der Waals surface area contributed by atoms with Gasteiger partial charge in [0.25, 0.3) is 0 Å². The summed E-state index contributed by atoms with van der Waals surface area (Å²) in [6.07, 6.45) is 2.98. The number of anilines is 1. The van der Waals surface area contributed by atoms with Crippen molar-refractivity contribution in [3.63, 3.8) is 0 Å². The van der Waals surface area contributed by atoms with Crippen LogP contribution in [0.3, 0.4) is 0 Å². The summed E-state index contributed by atoms with van der Waals surface area (Å²) in [6, 6.07) is 0.827.